The molecule has 1 heterocycles. The number of amides is 1. The van der Waals surface area contributed by atoms with Gasteiger partial charge in [-0.3, -0.25) is 0 Å². The number of allylic oxidation sites excluding steroid dienone is 1. The number of alkyl carbamates (subject to hydrolysis) is 1. The molecule has 2 atom stereocenters. The average molecular weight is 325 g/mol. The number of hydrogen-bond acceptors (Lipinski definition) is 3. The molecule has 0 saturated carbocycles. The summed E-state index contributed by atoms with van der Waals surface area (Å²) in [5.41, 5.74) is 0. The SMILES string of the molecule is CCCCCCCCCCCCC/C=C/[C@@H]1OC(=O)N[C@H]1CO. The molecule has 1 amide bonds. The highest BCUT2D eigenvalue weighted by Gasteiger charge is 2.31. The van der Waals surface area contributed by atoms with Crippen LogP contribution in [0.5, 0.6) is 0 Å². The molecule has 1 aliphatic heterocycles. The van der Waals surface area contributed by atoms with Crippen molar-refractivity contribution in [1.82, 2.24) is 5.32 Å². The number of ether oxygens (including phenoxy) is 1. The molecule has 23 heavy (non-hydrogen) atoms. The molecule has 1 saturated heterocycles. The highest BCUT2D eigenvalue weighted by Crippen LogP contribution is 2.13. The summed E-state index contributed by atoms with van der Waals surface area (Å²) >= 11 is 0. The quantitative estimate of drug-likeness (QED) is 0.359. The first kappa shape index (κ1) is 20.0. The Morgan fingerprint density at radius 3 is 2.13 bits per heavy atom. The minimum atomic E-state index is -0.437. The van der Waals surface area contributed by atoms with Crippen molar-refractivity contribution >= 4 is 6.09 Å². The van der Waals surface area contributed by atoms with Crippen molar-refractivity contribution in [3.63, 3.8) is 0 Å². The van der Waals surface area contributed by atoms with Crippen LogP contribution < -0.4 is 5.32 Å². The molecule has 0 bridgehead atoms. The molecule has 0 spiro atoms. The van der Waals surface area contributed by atoms with Gasteiger partial charge in [0.2, 0.25) is 0 Å². The second kappa shape index (κ2) is 13.4. The van der Waals surface area contributed by atoms with E-state index in [0.717, 1.165) is 6.42 Å². The summed E-state index contributed by atoms with van der Waals surface area (Å²) in [7, 11) is 0. The summed E-state index contributed by atoms with van der Waals surface area (Å²) < 4.78 is 5.08. The minimum absolute atomic E-state index is 0.0841. The Labute approximate surface area is 141 Å². The molecular weight excluding hydrogens is 290 g/mol. The minimum Gasteiger partial charge on any atom is -0.440 e. The maximum Gasteiger partial charge on any atom is 0.408 e. The van der Waals surface area contributed by atoms with Gasteiger partial charge in [0, 0.05) is 0 Å². The molecule has 1 fully saturated rings. The van der Waals surface area contributed by atoms with Crippen molar-refractivity contribution in [2.75, 3.05) is 6.61 Å². The second-order valence-corrected chi connectivity index (χ2v) is 6.56. The predicted molar refractivity (Wildman–Crippen MR) is 94.5 cm³/mol. The fraction of sp³-hybridized carbons (Fsp3) is 0.842. The number of unbranched alkanes of at least 4 members (excludes halogenated alkanes) is 11. The Morgan fingerprint density at radius 2 is 1.57 bits per heavy atom. The van der Waals surface area contributed by atoms with Gasteiger partial charge in [0.05, 0.1) is 12.6 Å². The van der Waals surface area contributed by atoms with Gasteiger partial charge in [-0.2, -0.15) is 0 Å². The summed E-state index contributed by atoms with van der Waals surface area (Å²) in [5.74, 6) is 0. The fourth-order valence-corrected chi connectivity index (χ4v) is 2.95. The lowest BCUT2D eigenvalue weighted by Gasteiger charge is -2.09. The van der Waals surface area contributed by atoms with E-state index in [1.807, 2.05) is 6.08 Å². The van der Waals surface area contributed by atoms with Gasteiger partial charge in [0.1, 0.15) is 6.10 Å². The lowest BCUT2D eigenvalue weighted by Crippen LogP contribution is -2.33. The van der Waals surface area contributed by atoms with Crippen LogP contribution in [0.25, 0.3) is 0 Å². The summed E-state index contributed by atoms with van der Waals surface area (Å²) in [6.45, 7) is 2.18. The van der Waals surface area contributed by atoms with Crippen molar-refractivity contribution in [2.45, 2.75) is 96.1 Å². The molecular formula is C19H35NO3. The highest BCUT2D eigenvalue weighted by atomic mass is 16.6. The normalized spacial score (nSPS) is 20.9. The number of rotatable bonds is 14. The predicted octanol–water partition coefficient (Wildman–Crippen LogP) is 4.71. The number of hydrogen-bond donors (Lipinski definition) is 2. The maximum atomic E-state index is 11.1. The van der Waals surface area contributed by atoms with Crippen molar-refractivity contribution in [3.05, 3.63) is 12.2 Å². The van der Waals surface area contributed by atoms with Crippen LogP contribution in [0, 0.1) is 0 Å². The molecule has 2 N–H and O–H groups in total. The zero-order chi connectivity index (χ0) is 16.8. The Kier molecular flexibility index (Phi) is 11.7. The Bertz CT molecular complexity index is 331. The third-order valence-corrected chi connectivity index (χ3v) is 4.44. The monoisotopic (exact) mass is 325 g/mol. The number of carbonyl (C=O) groups is 1. The fourth-order valence-electron chi connectivity index (χ4n) is 2.95. The summed E-state index contributed by atoms with van der Waals surface area (Å²) in [6.07, 6.45) is 19.1. The number of aliphatic hydroxyl groups is 1. The number of aliphatic hydroxyl groups excluding tert-OH is 1. The van der Waals surface area contributed by atoms with Crippen LogP contribution in [0.15, 0.2) is 12.2 Å². The summed E-state index contributed by atoms with van der Waals surface area (Å²) in [5, 5.41) is 11.7. The van der Waals surface area contributed by atoms with Gasteiger partial charge < -0.3 is 15.2 Å². The average Bonchev–Trinajstić information content (AvgIpc) is 2.91. The van der Waals surface area contributed by atoms with Crippen molar-refractivity contribution in [2.24, 2.45) is 0 Å². The van der Waals surface area contributed by atoms with Gasteiger partial charge in [-0.1, -0.05) is 77.2 Å². The number of cyclic esters (lactones) is 1. The van der Waals surface area contributed by atoms with Crippen LogP contribution in [0.1, 0.15) is 84.0 Å². The molecule has 4 heteroatoms. The topological polar surface area (TPSA) is 58.6 Å². The summed E-state index contributed by atoms with van der Waals surface area (Å²) in [4.78, 5) is 11.1. The molecule has 4 nitrogen and oxygen atoms in total. The van der Waals surface area contributed by atoms with E-state index in [0.29, 0.717) is 0 Å². The Morgan fingerprint density at radius 1 is 1.00 bits per heavy atom. The van der Waals surface area contributed by atoms with Crippen LogP contribution in [-0.4, -0.2) is 30.0 Å². The van der Waals surface area contributed by atoms with Crippen LogP contribution in [0.2, 0.25) is 0 Å². The molecule has 0 aromatic carbocycles. The van der Waals surface area contributed by atoms with Gasteiger partial charge in [-0.15, -0.1) is 0 Å². The van der Waals surface area contributed by atoms with E-state index in [1.165, 1.54) is 70.6 Å². The van der Waals surface area contributed by atoms with E-state index in [4.69, 9.17) is 9.84 Å². The highest BCUT2D eigenvalue weighted by molar-refractivity contribution is 5.70. The molecule has 134 valence electrons. The van der Waals surface area contributed by atoms with Gasteiger partial charge in [0.15, 0.2) is 0 Å². The van der Waals surface area contributed by atoms with Gasteiger partial charge >= 0.3 is 6.09 Å². The third-order valence-electron chi connectivity index (χ3n) is 4.44. The van der Waals surface area contributed by atoms with Crippen molar-refractivity contribution < 1.29 is 14.6 Å². The van der Waals surface area contributed by atoms with Gasteiger partial charge in [-0.25, -0.2) is 4.79 Å². The molecule has 1 aliphatic rings. The largest absolute Gasteiger partial charge is 0.440 e. The lowest BCUT2D eigenvalue weighted by molar-refractivity contribution is 0.143. The molecule has 0 aromatic heterocycles. The van der Waals surface area contributed by atoms with E-state index < -0.39 is 6.09 Å². The zero-order valence-corrected chi connectivity index (χ0v) is 14.8. The van der Waals surface area contributed by atoms with E-state index in [-0.39, 0.29) is 18.8 Å². The van der Waals surface area contributed by atoms with Crippen LogP contribution in [0.4, 0.5) is 4.79 Å². The Hall–Kier alpha value is -1.03. The second-order valence-electron chi connectivity index (χ2n) is 6.56. The van der Waals surface area contributed by atoms with Crippen LogP contribution in [-0.2, 0) is 4.74 Å². The smallest absolute Gasteiger partial charge is 0.408 e. The maximum absolute atomic E-state index is 11.1. The molecule has 0 unspecified atom stereocenters. The van der Waals surface area contributed by atoms with Gasteiger partial charge in [-0.05, 0) is 18.9 Å². The molecule has 0 radical (unpaired) electrons. The first-order chi connectivity index (χ1) is 11.3. The summed E-state index contributed by atoms with van der Waals surface area (Å²) in [6, 6.07) is -0.295. The third kappa shape index (κ3) is 9.65. The van der Waals surface area contributed by atoms with E-state index >= 15 is 0 Å². The first-order valence-electron chi connectivity index (χ1n) is 9.52. The van der Waals surface area contributed by atoms with Gasteiger partial charge in [0.25, 0.3) is 0 Å². The standard InChI is InChI=1S/C19H35NO3/c1-2-3-4-5-6-7-8-9-10-11-12-13-14-15-18-17(16-21)20-19(22)23-18/h14-15,17-18,21H,2-13,16H2,1H3,(H,20,22)/b15-14+/t17-,18-/m0/s1. The van der Waals surface area contributed by atoms with Crippen LogP contribution in [0.3, 0.4) is 0 Å². The van der Waals surface area contributed by atoms with E-state index in [9.17, 15) is 4.79 Å². The molecule has 0 aliphatic carbocycles. The Balaban J connectivity index is 1.88. The first-order valence-corrected chi connectivity index (χ1v) is 9.52. The lowest BCUT2D eigenvalue weighted by atomic mass is 10.0. The van der Waals surface area contributed by atoms with E-state index in [1.54, 1.807) is 0 Å². The number of nitrogens with one attached hydrogen (secondary N) is 1. The molecule has 1 rings (SSSR count). The zero-order valence-electron chi connectivity index (χ0n) is 14.8. The molecule has 0 aromatic rings. The number of carbonyl (C=O) groups excluding carboxylic acids is 1. The van der Waals surface area contributed by atoms with Crippen molar-refractivity contribution in [3.8, 4) is 0 Å². The van der Waals surface area contributed by atoms with Crippen molar-refractivity contribution in [1.29, 1.82) is 0 Å². The van der Waals surface area contributed by atoms with E-state index in [2.05, 4.69) is 18.3 Å². The van der Waals surface area contributed by atoms with Crippen LogP contribution >= 0.6 is 0 Å².